The second-order valence-electron chi connectivity index (χ2n) is 5.58. The Balaban J connectivity index is 1.61. The van der Waals surface area contributed by atoms with Crippen LogP contribution in [0.2, 0.25) is 0 Å². The van der Waals surface area contributed by atoms with Crippen molar-refractivity contribution in [3.63, 3.8) is 0 Å². The van der Waals surface area contributed by atoms with Gasteiger partial charge in [-0.15, -0.1) is 11.3 Å². The minimum Gasteiger partial charge on any atom is -0.497 e. The molecule has 22 heavy (non-hydrogen) atoms. The van der Waals surface area contributed by atoms with Gasteiger partial charge >= 0.3 is 0 Å². The zero-order chi connectivity index (χ0) is 15.4. The van der Waals surface area contributed by atoms with Crippen LogP contribution < -0.4 is 4.74 Å². The SMILES string of the molecule is COc1ccc(-c2nc(CN3CCC(OC)CC3)cs2)cc1. The molecule has 4 nitrogen and oxygen atoms in total. The fourth-order valence-corrected chi connectivity index (χ4v) is 3.60. The summed E-state index contributed by atoms with van der Waals surface area (Å²) in [6.45, 7) is 3.12. The van der Waals surface area contributed by atoms with E-state index in [4.69, 9.17) is 14.5 Å². The van der Waals surface area contributed by atoms with Gasteiger partial charge in [-0.05, 0) is 37.1 Å². The molecule has 0 spiro atoms. The van der Waals surface area contributed by atoms with Crippen molar-refractivity contribution >= 4 is 11.3 Å². The average Bonchev–Trinajstić information content (AvgIpc) is 3.04. The van der Waals surface area contributed by atoms with Crippen molar-refractivity contribution in [1.82, 2.24) is 9.88 Å². The minimum atomic E-state index is 0.432. The maximum atomic E-state index is 5.42. The predicted molar refractivity (Wildman–Crippen MR) is 89.4 cm³/mol. The first kappa shape index (κ1) is 15.5. The van der Waals surface area contributed by atoms with Crippen LogP contribution >= 0.6 is 11.3 Å². The summed E-state index contributed by atoms with van der Waals surface area (Å²) in [5.74, 6) is 0.876. The number of hydrogen-bond donors (Lipinski definition) is 0. The van der Waals surface area contributed by atoms with Gasteiger partial charge in [0.1, 0.15) is 10.8 Å². The first-order chi connectivity index (χ1) is 10.8. The molecule has 1 aromatic carbocycles. The van der Waals surface area contributed by atoms with E-state index in [2.05, 4.69) is 22.4 Å². The summed E-state index contributed by atoms with van der Waals surface area (Å²) in [5, 5.41) is 3.24. The normalized spacial score (nSPS) is 16.8. The number of nitrogens with zero attached hydrogens (tertiary/aromatic N) is 2. The van der Waals surface area contributed by atoms with Gasteiger partial charge in [-0.2, -0.15) is 0 Å². The molecule has 0 radical (unpaired) electrons. The highest BCUT2D eigenvalue weighted by molar-refractivity contribution is 7.13. The van der Waals surface area contributed by atoms with Crippen LogP contribution in [0.1, 0.15) is 18.5 Å². The van der Waals surface area contributed by atoms with Crippen LogP contribution in [0.15, 0.2) is 29.6 Å². The van der Waals surface area contributed by atoms with E-state index in [0.717, 1.165) is 54.5 Å². The van der Waals surface area contributed by atoms with E-state index in [-0.39, 0.29) is 0 Å². The Morgan fingerprint density at radius 2 is 1.91 bits per heavy atom. The van der Waals surface area contributed by atoms with Crippen molar-refractivity contribution in [2.45, 2.75) is 25.5 Å². The molecule has 0 atom stereocenters. The number of benzene rings is 1. The van der Waals surface area contributed by atoms with Crippen LogP contribution in [-0.4, -0.2) is 43.3 Å². The number of thiazole rings is 1. The van der Waals surface area contributed by atoms with Crippen molar-refractivity contribution in [1.29, 1.82) is 0 Å². The van der Waals surface area contributed by atoms with Crippen molar-refractivity contribution < 1.29 is 9.47 Å². The maximum Gasteiger partial charge on any atom is 0.123 e. The Kier molecular flexibility index (Phi) is 5.08. The van der Waals surface area contributed by atoms with E-state index in [1.807, 2.05) is 19.2 Å². The fourth-order valence-electron chi connectivity index (χ4n) is 2.78. The molecule has 1 aromatic heterocycles. The van der Waals surface area contributed by atoms with Crippen LogP contribution in [0.3, 0.4) is 0 Å². The molecule has 0 N–H and O–H groups in total. The fraction of sp³-hybridized carbons (Fsp3) is 0.471. The molecular formula is C17H22N2O2S. The molecule has 0 amide bonds. The number of methoxy groups -OCH3 is 2. The van der Waals surface area contributed by atoms with Crippen LogP contribution in [0.5, 0.6) is 5.75 Å². The van der Waals surface area contributed by atoms with Crippen LogP contribution in [0.4, 0.5) is 0 Å². The quantitative estimate of drug-likeness (QED) is 0.846. The second kappa shape index (κ2) is 7.22. The first-order valence-electron chi connectivity index (χ1n) is 7.62. The number of rotatable bonds is 5. The van der Waals surface area contributed by atoms with E-state index in [0.29, 0.717) is 6.10 Å². The van der Waals surface area contributed by atoms with Gasteiger partial charge in [-0.1, -0.05) is 0 Å². The lowest BCUT2D eigenvalue weighted by molar-refractivity contribution is 0.0386. The summed E-state index contributed by atoms with van der Waals surface area (Å²) in [6.07, 6.45) is 2.67. The van der Waals surface area contributed by atoms with Gasteiger partial charge in [0.2, 0.25) is 0 Å². The van der Waals surface area contributed by atoms with Crippen molar-refractivity contribution in [2.75, 3.05) is 27.3 Å². The number of aromatic nitrogens is 1. The van der Waals surface area contributed by atoms with E-state index in [1.165, 1.54) is 0 Å². The monoisotopic (exact) mass is 318 g/mol. The van der Waals surface area contributed by atoms with Crippen LogP contribution in [0, 0.1) is 0 Å². The predicted octanol–water partition coefficient (Wildman–Crippen LogP) is 3.43. The van der Waals surface area contributed by atoms with Crippen molar-refractivity contribution in [3.8, 4) is 16.3 Å². The molecule has 118 valence electrons. The molecule has 2 aromatic rings. The molecule has 1 aliphatic rings. The summed E-state index contributed by atoms with van der Waals surface area (Å²) < 4.78 is 10.6. The Morgan fingerprint density at radius 3 is 2.55 bits per heavy atom. The van der Waals surface area contributed by atoms with Gasteiger partial charge in [0.25, 0.3) is 0 Å². The van der Waals surface area contributed by atoms with Crippen LogP contribution in [-0.2, 0) is 11.3 Å². The highest BCUT2D eigenvalue weighted by atomic mass is 32.1. The molecule has 1 saturated heterocycles. The van der Waals surface area contributed by atoms with Gasteiger partial charge in [0.15, 0.2) is 0 Å². The summed E-state index contributed by atoms with van der Waals surface area (Å²) in [7, 11) is 3.49. The zero-order valence-electron chi connectivity index (χ0n) is 13.1. The summed E-state index contributed by atoms with van der Waals surface area (Å²) >= 11 is 1.71. The number of piperidine rings is 1. The van der Waals surface area contributed by atoms with Crippen molar-refractivity contribution in [3.05, 3.63) is 35.3 Å². The maximum absolute atomic E-state index is 5.42. The Morgan fingerprint density at radius 1 is 1.18 bits per heavy atom. The zero-order valence-corrected chi connectivity index (χ0v) is 13.9. The molecule has 3 rings (SSSR count). The Bertz CT molecular complexity index is 589. The molecule has 0 saturated carbocycles. The van der Waals surface area contributed by atoms with Gasteiger partial charge in [0, 0.05) is 37.7 Å². The lowest BCUT2D eigenvalue weighted by atomic mass is 10.1. The Hall–Kier alpha value is -1.43. The van der Waals surface area contributed by atoms with Crippen molar-refractivity contribution in [2.24, 2.45) is 0 Å². The summed E-state index contributed by atoms with van der Waals surface area (Å²) in [6, 6.07) is 8.08. The number of likely N-dealkylation sites (tertiary alicyclic amines) is 1. The standard InChI is InChI=1S/C17H22N2O2S/c1-20-15-5-3-13(4-6-15)17-18-14(12-22-17)11-19-9-7-16(21-2)8-10-19/h3-6,12,16H,7-11H2,1-2H3. The molecule has 5 heteroatoms. The Labute approximate surface area is 135 Å². The largest absolute Gasteiger partial charge is 0.497 e. The van der Waals surface area contributed by atoms with Crippen LogP contribution in [0.25, 0.3) is 10.6 Å². The highest BCUT2D eigenvalue weighted by Gasteiger charge is 2.19. The molecule has 1 aliphatic heterocycles. The summed E-state index contributed by atoms with van der Waals surface area (Å²) in [4.78, 5) is 7.23. The van der Waals surface area contributed by atoms with Gasteiger partial charge < -0.3 is 9.47 Å². The van der Waals surface area contributed by atoms with E-state index >= 15 is 0 Å². The lowest BCUT2D eigenvalue weighted by Gasteiger charge is -2.30. The third-order valence-electron chi connectivity index (χ3n) is 4.14. The average molecular weight is 318 g/mol. The van der Waals surface area contributed by atoms with Gasteiger partial charge in [-0.25, -0.2) is 4.98 Å². The molecular weight excluding hydrogens is 296 g/mol. The van der Waals surface area contributed by atoms with E-state index < -0.39 is 0 Å². The number of ether oxygens (including phenoxy) is 2. The molecule has 0 bridgehead atoms. The van der Waals surface area contributed by atoms with Gasteiger partial charge in [0.05, 0.1) is 18.9 Å². The van der Waals surface area contributed by atoms with E-state index in [9.17, 15) is 0 Å². The third kappa shape index (κ3) is 3.66. The second-order valence-corrected chi connectivity index (χ2v) is 6.44. The number of hydrogen-bond acceptors (Lipinski definition) is 5. The molecule has 1 fully saturated rings. The smallest absolute Gasteiger partial charge is 0.123 e. The molecule has 2 heterocycles. The molecule has 0 aliphatic carbocycles. The van der Waals surface area contributed by atoms with E-state index in [1.54, 1.807) is 18.4 Å². The minimum absolute atomic E-state index is 0.432. The topological polar surface area (TPSA) is 34.6 Å². The third-order valence-corrected chi connectivity index (χ3v) is 5.08. The highest BCUT2D eigenvalue weighted by Crippen LogP contribution is 2.26. The first-order valence-corrected chi connectivity index (χ1v) is 8.50. The molecule has 0 unspecified atom stereocenters. The van der Waals surface area contributed by atoms with Gasteiger partial charge in [-0.3, -0.25) is 4.90 Å². The summed E-state index contributed by atoms with van der Waals surface area (Å²) in [5.41, 5.74) is 2.31. The lowest BCUT2D eigenvalue weighted by Crippen LogP contribution is -2.36.